The molecule has 0 aliphatic rings. The number of nitrogens with one attached hydrogen (secondary N) is 1. The number of amides is 1. The summed E-state index contributed by atoms with van der Waals surface area (Å²) in [5, 5.41) is 40.6. The highest BCUT2D eigenvalue weighted by Crippen LogP contribution is 2.26. The van der Waals surface area contributed by atoms with Crippen LogP contribution in [0.5, 0.6) is 23.0 Å². The van der Waals surface area contributed by atoms with Gasteiger partial charge in [-0.05, 0) is 47.9 Å². The Morgan fingerprint density at radius 1 is 1.00 bits per heavy atom. The van der Waals surface area contributed by atoms with Crippen molar-refractivity contribution in [2.24, 2.45) is 0 Å². The van der Waals surface area contributed by atoms with E-state index in [1.165, 1.54) is 42.5 Å². The minimum Gasteiger partial charge on any atom is -0.504 e. The van der Waals surface area contributed by atoms with Gasteiger partial charge < -0.3 is 30.5 Å². The lowest BCUT2D eigenvalue weighted by Gasteiger charge is -2.17. The zero-order chi connectivity index (χ0) is 22.1. The molecular weight excluding hydrogens is 390 g/mol. The summed E-state index contributed by atoms with van der Waals surface area (Å²) >= 11 is 0. The predicted molar refractivity (Wildman–Crippen MR) is 110 cm³/mol. The van der Waals surface area contributed by atoms with Gasteiger partial charge in [0, 0.05) is 19.0 Å². The van der Waals surface area contributed by atoms with Crippen molar-refractivity contribution in [3.05, 3.63) is 53.6 Å². The summed E-state index contributed by atoms with van der Waals surface area (Å²) in [4.78, 5) is 24.7. The van der Waals surface area contributed by atoms with Crippen molar-refractivity contribution in [1.29, 1.82) is 0 Å². The molecule has 0 aromatic heterocycles. The molecule has 8 nitrogen and oxygen atoms in total. The third kappa shape index (κ3) is 6.73. The first kappa shape index (κ1) is 22.6. The SMILES string of the molecule is CCCCNC(=O)[C@@H](Cc1ccc(O)c(O)c1)OC(=O)/C=C/c1ccc(O)c(O)c1. The molecule has 0 aliphatic carbocycles. The average molecular weight is 415 g/mol. The van der Waals surface area contributed by atoms with Crippen LogP contribution in [0.1, 0.15) is 30.9 Å². The number of aromatic hydroxyl groups is 4. The van der Waals surface area contributed by atoms with Crippen molar-refractivity contribution >= 4 is 18.0 Å². The second kappa shape index (κ2) is 10.8. The molecule has 0 fully saturated rings. The number of hydrogen-bond donors (Lipinski definition) is 5. The van der Waals surface area contributed by atoms with E-state index in [4.69, 9.17) is 4.74 Å². The summed E-state index contributed by atoms with van der Waals surface area (Å²) in [6.45, 7) is 2.42. The van der Waals surface area contributed by atoms with Gasteiger partial charge in [0.2, 0.25) is 0 Å². The number of carbonyl (C=O) groups is 2. The van der Waals surface area contributed by atoms with E-state index < -0.39 is 18.0 Å². The Morgan fingerprint density at radius 2 is 1.67 bits per heavy atom. The summed E-state index contributed by atoms with van der Waals surface area (Å²) in [5.74, 6) is -2.49. The molecule has 2 aromatic rings. The van der Waals surface area contributed by atoms with Gasteiger partial charge in [0.05, 0.1) is 0 Å². The maximum absolute atomic E-state index is 12.5. The van der Waals surface area contributed by atoms with E-state index in [2.05, 4.69) is 5.32 Å². The standard InChI is InChI=1S/C22H25NO7/c1-2-3-10-23-22(29)20(13-15-5-8-17(25)19(27)12-15)30-21(28)9-6-14-4-7-16(24)18(26)11-14/h4-9,11-12,20,24-27H,2-3,10,13H2,1H3,(H,23,29)/b9-6+/t20-/m1/s1. The second-order valence-corrected chi connectivity index (χ2v) is 6.68. The van der Waals surface area contributed by atoms with Crippen molar-refractivity contribution in [3.8, 4) is 23.0 Å². The fourth-order valence-electron chi connectivity index (χ4n) is 2.59. The lowest BCUT2D eigenvalue weighted by atomic mass is 10.1. The summed E-state index contributed by atoms with van der Waals surface area (Å²) in [7, 11) is 0. The minimum absolute atomic E-state index is 0.00533. The first-order valence-corrected chi connectivity index (χ1v) is 9.49. The van der Waals surface area contributed by atoms with Crippen LogP contribution in [0, 0.1) is 0 Å². The van der Waals surface area contributed by atoms with Crippen LogP contribution in [-0.4, -0.2) is 45.0 Å². The average Bonchev–Trinajstić information content (AvgIpc) is 2.71. The Hall–Kier alpha value is -3.68. The third-order valence-corrected chi connectivity index (χ3v) is 4.25. The molecule has 0 aliphatic heterocycles. The van der Waals surface area contributed by atoms with Crippen LogP contribution in [0.15, 0.2) is 42.5 Å². The molecule has 8 heteroatoms. The number of phenols is 4. The molecule has 30 heavy (non-hydrogen) atoms. The van der Waals surface area contributed by atoms with Gasteiger partial charge >= 0.3 is 5.97 Å². The Balaban J connectivity index is 2.10. The van der Waals surface area contributed by atoms with Crippen LogP contribution < -0.4 is 5.32 Å². The van der Waals surface area contributed by atoms with Crippen molar-refractivity contribution in [2.75, 3.05) is 6.54 Å². The molecule has 0 bridgehead atoms. The van der Waals surface area contributed by atoms with Crippen molar-refractivity contribution in [3.63, 3.8) is 0 Å². The van der Waals surface area contributed by atoms with Gasteiger partial charge in [0.15, 0.2) is 29.1 Å². The zero-order valence-electron chi connectivity index (χ0n) is 16.5. The quantitative estimate of drug-likeness (QED) is 0.184. The van der Waals surface area contributed by atoms with Crippen molar-refractivity contribution in [2.45, 2.75) is 32.3 Å². The number of unbranched alkanes of at least 4 members (excludes halogenated alkanes) is 1. The Kier molecular flexibility index (Phi) is 8.10. The maximum Gasteiger partial charge on any atom is 0.331 e. The van der Waals surface area contributed by atoms with E-state index >= 15 is 0 Å². The first-order valence-electron chi connectivity index (χ1n) is 9.49. The van der Waals surface area contributed by atoms with Gasteiger partial charge in [-0.15, -0.1) is 0 Å². The van der Waals surface area contributed by atoms with Crippen LogP contribution >= 0.6 is 0 Å². The summed E-state index contributed by atoms with van der Waals surface area (Å²) < 4.78 is 5.30. The van der Waals surface area contributed by atoms with Crippen LogP contribution in [0.3, 0.4) is 0 Å². The molecule has 0 unspecified atom stereocenters. The highest BCUT2D eigenvalue weighted by atomic mass is 16.5. The molecule has 0 saturated carbocycles. The number of benzene rings is 2. The predicted octanol–water partition coefficient (Wildman–Crippen LogP) is 2.59. The fraction of sp³-hybridized carbons (Fsp3) is 0.273. The molecule has 0 heterocycles. The fourth-order valence-corrected chi connectivity index (χ4v) is 2.59. The van der Waals surface area contributed by atoms with E-state index in [0.717, 1.165) is 18.9 Å². The summed E-state index contributed by atoms with van der Waals surface area (Å²) in [5.41, 5.74) is 0.954. The number of ether oxygens (including phenoxy) is 1. The van der Waals surface area contributed by atoms with Gasteiger partial charge in [-0.1, -0.05) is 25.5 Å². The van der Waals surface area contributed by atoms with Crippen molar-refractivity contribution in [1.82, 2.24) is 5.32 Å². The number of esters is 1. The van der Waals surface area contributed by atoms with Crippen molar-refractivity contribution < 1.29 is 34.8 Å². The van der Waals surface area contributed by atoms with Gasteiger partial charge in [-0.25, -0.2) is 4.79 Å². The monoisotopic (exact) mass is 415 g/mol. The third-order valence-electron chi connectivity index (χ3n) is 4.25. The van der Waals surface area contributed by atoms with E-state index in [9.17, 15) is 30.0 Å². The van der Waals surface area contributed by atoms with E-state index in [1.54, 1.807) is 0 Å². The lowest BCUT2D eigenvalue weighted by molar-refractivity contribution is -0.151. The summed E-state index contributed by atoms with van der Waals surface area (Å²) in [6, 6.07) is 8.15. The molecule has 0 radical (unpaired) electrons. The molecule has 0 saturated heterocycles. The highest BCUT2D eigenvalue weighted by Gasteiger charge is 2.23. The summed E-state index contributed by atoms with van der Waals surface area (Å²) in [6.07, 6.45) is 3.00. The van der Waals surface area contributed by atoms with Crippen LogP contribution in [0.4, 0.5) is 0 Å². The number of phenolic OH excluding ortho intramolecular Hbond substituents is 4. The topological polar surface area (TPSA) is 136 Å². The first-order chi connectivity index (χ1) is 14.3. The number of hydrogen-bond acceptors (Lipinski definition) is 7. The molecule has 160 valence electrons. The molecular formula is C22H25NO7. The Labute approximate surface area is 174 Å². The van der Waals surface area contributed by atoms with Gasteiger partial charge in [-0.3, -0.25) is 4.79 Å². The van der Waals surface area contributed by atoms with E-state index in [-0.39, 0.29) is 29.4 Å². The van der Waals surface area contributed by atoms with E-state index in [1.807, 2.05) is 6.92 Å². The van der Waals surface area contributed by atoms with Crippen LogP contribution in [0.25, 0.3) is 6.08 Å². The molecule has 1 amide bonds. The van der Waals surface area contributed by atoms with Crippen LogP contribution in [0.2, 0.25) is 0 Å². The maximum atomic E-state index is 12.5. The minimum atomic E-state index is -1.14. The largest absolute Gasteiger partial charge is 0.504 e. The lowest BCUT2D eigenvalue weighted by Crippen LogP contribution is -2.39. The molecule has 0 spiro atoms. The van der Waals surface area contributed by atoms with Gasteiger partial charge in [-0.2, -0.15) is 0 Å². The van der Waals surface area contributed by atoms with E-state index in [0.29, 0.717) is 17.7 Å². The Bertz CT molecular complexity index is 924. The zero-order valence-corrected chi connectivity index (χ0v) is 16.5. The highest BCUT2D eigenvalue weighted by molar-refractivity contribution is 5.90. The van der Waals surface area contributed by atoms with Gasteiger partial charge in [0.1, 0.15) is 0 Å². The van der Waals surface area contributed by atoms with Gasteiger partial charge in [0.25, 0.3) is 5.91 Å². The second-order valence-electron chi connectivity index (χ2n) is 6.68. The Morgan fingerprint density at radius 3 is 2.30 bits per heavy atom. The normalized spacial score (nSPS) is 11.9. The van der Waals surface area contributed by atoms with Crippen LogP contribution in [-0.2, 0) is 20.7 Å². The molecule has 2 rings (SSSR count). The molecule has 1 atom stereocenters. The molecule has 2 aromatic carbocycles. The number of carbonyl (C=O) groups excluding carboxylic acids is 2. The number of rotatable bonds is 9. The smallest absolute Gasteiger partial charge is 0.331 e. The molecule has 5 N–H and O–H groups in total.